The summed E-state index contributed by atoms with van der Waals surface area (Å²) in [6, 6.07) is 0.445. The van der Waals surface area contributed by atoms with Gasteiger partial charge in [0.2, 0.25) is 0 Å². The summed E-state index contributed by atoms with van der Waals surface area (Å²) < 4.78 is 10.3. The number of aromatic nitrogens is 4. The number of aryl methyl sites for hydroxylation is 1. The Labute approximate surface area is 132 Å². The number of nitrogens with zero attached hydrogens (tertiary/aromatic N) is 5. The number of likely N-dealkylation sites (tertiary alicyclic amines) is 1. The van der Waals surface area contributed by atoms with Crippen molar-refractivity contribution in [1.29, 1.82) is 0 Å². The van der Waals surface area contributed by atoms with Crippen molar-refractivity contribution in [2.24, 2.45) is 14.1 Å². The van der Waals surface area contributed by atoms with Crippen LogP contribution in [0.1, 0.15) is 19.3 Å². The van der Waals surface area contributed by atoms with Crippen molar-refractivity contribution in [1.82, 2.24) is 23.6 Å². The molecule has 0 bridgehead atoms. The van der Waals surface area contributed by atoms with E-state index in [-0.39, 0.29) is 17.4 Å². The number of imidazole rings is 1. The number of hydrogen-bond donors (Lipinski definition) is 0. The van der Waals surface area contributed by atoms with E-state index in [4.69, 9.17) is 4.74 Å². The van der Waals surface area contributed by atoms with Crippen molar-refractivity contribution in [3.05, 3.63) is 20.8 Å². The normalized spacial score (nSPS) is 21.6. The molecule has 1 saturated heterocycles. The summed E-state index contributed by atoms with van der Waals surface area (Å²) in [5, 5.41) is 0. The Bertz CT molecular complexity index is 872. The zero-order chi connectivity index (χ0) is 16.1. The number of ether oxygens (including phenoxy) is 1. The molecular formula is C15H21N5O3. The molecule has 4 heterocycles. The van der Waals surface area contributed by atoms with E-state index in [9.17, 15) is 9.59 Å². The van der Waals surface area contributed by atoms with Crippen LogP contribution in [-0.2, 0) is 20.6 Å². The van der Waals surface area contributed by atoms with E-state index in [1.165, 1.54) is 30.9 Å². The lowest BCUT2D eigenvalue weighted by molar-refractivity contribution is 0.130. The third kappa shape index (κ3) is 2.20. The molecule has 2 aromatic rings. The molecule has 0 N–H and O–H groups in total. The molecule has 4 rings (SSSR count). The summed E-state index contributed by atoms with van der Waals surface area (Å²) in [5.74, 6) is 0. The third-order valence-electron chi connectivity index (χ3n) is 4.88. The smallest absolute Gasteiger partial charge is 0.332 e. The molecule has 8 nitrogen and oxygen atoms in total. The second-order valence-electron chi connectivity index (χ2n) is 6.48. The molecule has 1 fully saturated rings. The highest BCUT2D eigenvalue weighted by Crippen LogP contribution is 2.26. The average molecular weight is 319 g/mol. The average Bonchev–Trinajstić information content (AvgIpc) is 3.09. The van der Waals surface area contributed by atoms with Crippen molar-refractivity contribution in [2.75, 3.05) is 19.6 Å². The van der Waals surface area contributed by atoms with E-state index in [2.05, 4.69) is 9.88 Å². The first kappa shape index (κ1) is 14.5. The van der Waals surface area contributed by atoms with E-state index < -0.39 is 0 Å². The van der Waals surface area contributed by atoms with E-state index in [0.717, 1.165) is 24.2 Å². The molecule has 23 heavy (non-hydrogen) atoms. The van der Waals surface area contributed by atoms with Crippen LogP contribution in [0.3, 0.4) is 0 Å². The van der Waals surface area contributed by atoms with Crippen LogP contribution >= 0.6 is 0 Å². The summed E-state index contributed by atoms with van der Waals surface area (Å²) >= 11 is 0. The van der Waals surface area contributed by atoms with Crippen LogP contribution in [0.15, 0.2) is 9.59 Å². The van der Waals surface area contributed by atoms with E-state index in [0.29, 0.717) is 23.7 Å². The van der Waals surface area contributed by atoms with Gasteiger partial charge in [-0.15, -0.1) is 0 Å². The maximum absolute atomic E-state index is 12.4. The Morgan fingerprint density at radius 1 is 1.13 bits per heavy atom. The SMILES string of the molecule is Cn1c(=O)c2c(nc3n2CC(CN2CCCCC2)O3)n(C)c1=O. The van der Waals surface area contributed by atoms with Crippen LogP contribution < -0.4 is 16.0 Å². The summed E-state index contributed by atoms with van der Waals surface area (Å²) in [4.78, 5) is 31.2. The van der Waals surface area contributed by atoms with Crippen LogP contribution in [0, 0.1) is 0 Å². The summed E-state index contributed by atoms with van der Waals surface area (Å²) in [6.45, 7) is 3.69. The quantitative estimate of drug-likeness (QED) is 0.758. The van der Waals surface area contributed by atoms with Gasteiger partial charge < -0.3 is 4.74 Å². The molecule has 8 heteroatoms. The number of hydrogen-bond acceptors (Lipinski definition) is 5. The Morgan fingerprint density at radius 3 is 2.61 bits per heavy atom. The number of rotatable bonds is 2. The first-order valence-corrected chi connectivity index (χ1v) is 8.11. The first-order valence-electron chi connectivity index (χ1n) is 8.11. The first-order chi connectivity index (χ1) is 11.1. The van der Waals surface area contributed by atoms with Gasteiger partial charge in [-0.05, 0) is 25.9 Å². The minimum atomic E-state index is -0.371. The predicted octanol–water partition coefficient (Wildman–Crippen LogP) is -0.319. The molecule has 1 atom stereocenters. The van der Waals surface area contributed by atoms with Crippen molar-refractivity contribution >= 4 is 11.2 Å². The van der Waals surface area contributed by atoms with Crippen LogP contribution in [0.2, 0.25) is 0 Å². The molecule has 0 aliphatic carbocycles. The molecular weight excluding hydrogens is 298 g/mol. The van der Waals surface area contributed by atoms with Gasteiger partial charge in [-0.1, -0.05) is 6.42 Å². The van der Waals surface area contributed by atoms with Crippen LogP contribution in [0.5, 0.6) is 6.01 Å². The lowest BCUT2D eigenvalue weighted by Gasteiger charge is -2.28. The second-order valence-corrected chi connectivity index (χ2v) is 6.48. The summed E-state index contributed by atoms with van der Waals surface area (Å²) in [5.41, 5.74) is 0.156. The molecule has 0 radical (unpaired) electrons. The van der Waals surface area contributed by atoms with Gasteiger partial charge in [0.25, 0.3) is 11.6 Å². The fraction of sp³-hybridized carbons (Fsp3) is 0.667. The van der Waals surface area contributed by atoms with E-state index in [1.54, 1.807) is 7.05 Å². The minimum Gasteiger partial charge on any atom is -0.458 e. The lowest BCUT2D eigenvalue weighted by Crippen LogP contribution is -2.39. The molecule has 0 amide bonds. The van der Waals surface area contributed by atoms with E-state index >= 15 is 0 Å². The van der Waals surface area contributed by atoms with Crippen molar-refractivity contribution in [3.63, 3.8) is 0 Å². The zero-order valence-electron chi connectivity index (χ0n) is 13.5. The van der Waals surface area contributed by atoms with Crippen molar-refractivity contribution < 1.29 is 4.74 Å². The van der Waals surface area contributed by atoms with E-state index in [1.807, 2.05) is 4.57 Å². The fourth-order valence-corrected chi connectivity index (χ4v) is 3.60. The van der Waals surface area contributed by atoms with Crippen molar-refractivity contribution in [3.8, 4) is 6.01 Å². The molecule has 2 aromatic heterocycles. The van der Waals surface area contributed by atoms with Crippen LogP contribution in [-0.4, -0.2) is 49.3 Å². The Balaban J connectivity index is 1.67. The molecule has 0 aromatic carbocycles. The topological polar surface area (TPSA) is 74.3 Å². The fourth-order valence-electron chi connectivity index (χ4n) is 3.60. The van der Waals surface area contributed by atoms with Gasteiger partial charge in [0, 0.05) is 20.6 Å². The van der Waals surface area contributed by atoms with Gasteiger partial charge in [-0.25, -0.2) is 4.79 Å². The maximum atomic E-state index is 12.4. The van der Waals surface area contributed by atoms with Crippen LogP contribution in [0.25, 0.3) is 11.2 Å². The number of fused-ring (bicyclic) bond motifs is 3. The summed E-state index contributed by atoms with van der Waals surface area (Å²) in [6.07, 6.45) is 3.80. The van der Waals surface area contributed by atoms with Gasteiger partial charge in [-0.3, -0.25) is 23.4 Å². The monoisotopic (exact) mass is 319 g/mol. The largest absolute Gasteiger partial charge is 0.458 e. The predicted molar refractivity (Wildman–Crippen MR) is 84.9 cm³/mol. The lowest BCUT2D eigenvalue weighted by atomic mass is 10.1. The zero-order valence-corrected chi connectivity index (χ0v) is 13.5. The highest BCUT2D eigenvalue weighted by Gasteiger charge is 2.31. The van der Waals surface area contributed by atoms with Gasteiger partial charge in [0.15, 0.2) is 11.2 Å². The second kappa shape index (κ2) is 5.23. The van der Waals surface area contributed by atoms with Gasteiger partial charge in [0.1, 0.15) is 6.10 Å². The Hall–Kier alpha value is -2.09. The summed E-state index contributed by atoms with van der Waals surface area (Å²) in [7, 11) is 3.11. The molecule has 2 aliphatic rings. The standard InChI is InChI=1S/C15H21N5O3/c1-17-12-11(13(21)18(2)15(17)22)20-9-10(23-14(20)16-12)8-19-6-4-3-5-7-19/h10H,3-9H2,1-2H3. The van der Waals surface area contributed by atoms with Crippen molar-refractivity contribution in [2.45, 2.75) is 31.9 Å². The molecule has 0 saturated carbocycles. The Morgan fingerprint density at radius 2 is 1.87 bits per heavy atom. The molecule has 2 aliphatic heterocycles. The van der Waals surface area contributed by atoms with Gasteiger partial charge >= 0.3 is 5.69 Å². The number of piperidine rings is 1. The molecule has 1 unspecified atom stereocenters. The minimum absolute atomic E-state index is 0.0157. The maximum Gasteiger partial charge on any atom is 0.332 e. The molecule has 0 spiro atoms. The third-order valence-corrected chi connectivity index (χ3v) is 4.88. The molecule has 124 valence electrons. The van der Waals surface area contributed by atoms with Gasteiger partial charge in [-0.2, -0.15) is 4.98 Å². The Kier molecular flexibility index (Phi) is 3.29. The highest BCUT2D eigenvalue weighted by atomic mass is 16.5. The van der Waals surface area contributed by atoms with Crippen LogP contribution in [0.4, 0.5) is 0 Å². The highest BCUT2D eigenvalue weighted by molar-refractivity contribution is 5.72. The van der Waals surface area contributed by atoms with Gasteiger partial charge in [0.05, 0.1) is 6.54 Å².